The van der Waals surface area contributed by atoms with Crippen molar-refractivity contribution in [3.05, 3.63) is 101 Å². The molecule has 142 valence electrons. The minimum absolute atomic E-state index is 0. The first-order chi connectivity index (χ1) is 12.2. The van der Waals surface area contributed by atoms with Gasteiger partial charge in [0.2, 0.25) is 0 Å². The summed E-state index contributed by atoms with van der Waals surface area (Å²) in [7, 11) is 2.71. The van der Waals surface area contributed by atoms with E-state index in [4.69, 9.17) is 23.2 Å². The molecule has 4 rings (SSSR count). The smallest absolute Gasteiger partial charge is 0.214 e. The predicted molar refractivity (Wildman–Crippen MR) is 114 cm³/mol. The number of hydrogen-bond donors (Lipinski definition) is 0. The molecule has 1 unspecified atom stereocenters. The molecule has 5 heteroatoms. The molecular weight excluding hydrogens is 528 g/mol. The van der Waals surface area contributed by atoms with Gasteiger partial charge in [0.05, 0.1) is 0 Å². The van der Waals surface area contributed by atoms with Crippen molar-refractivity contribution in [1.82, 2.24) is 0 Å². The Kier molecular flexibility index (Phi) is 10.8. The van der Waals surface area contributed by atoms with Crippen LogP contribution in [0.5, 0.6) is 0 Å². The van der Waals surface area contributed by atoms with Crippen LogP contribution in [-0.2, 0) is 37.5 Å². The van der Waals surface area contributed by atoms with Crippen molar-refractivity contribution in [3.8, 4) is 22.3 Å². The third-order valence-corrected chi connectivity index (χ3v) is 5.48. The van der Waals surface area contributed by atoms with E-state index in [9.17, 15) is 0 Å². The molecular formula is C22H17Cl2FePPd. The standard InChI is InChI=1S/C17H12Cl2P.C5H5.Fe.Pd/c18-15-13(11-7-3-1-4-8-11)14(17(20)16(15)19)12-9-5-2-6-10-12;1-2-4-5-3-1;;/h1-10H,20H2;1-5H;;/q2*-1;+2;. The van der Waals surface area contributed by atoms with E-state index in [1.165, 1.54) is 0 Å². The van der Waals surface area contributed by atoms with Crippen LogP contribution in [0.25, 0.3) is 22.3 Å². The maximum Gasteiger partial charge on any atom is 2.00 e. The van der Waals surface area contributed by atoms with Gasteiger partial charge in [0.1, 0.15) is 0 Å². The zero-order valence-electron chi connectivity index (χ0n) is 14.2. The van der Waals surface area contributed by atoms with Gasteiger partial charge in [-0.3, -0.25) is 0 Å². The molecule has 4 aromatic rings. The quantitative estimate of drug-likeness (QED) is 0.145. The summed E-state index contributed by atoms with van der Waals surface area (Å²) in [4.78, 5) is 0. The van der Waals surface area contributed by atoms with E-state index in [-0.39, 0.29) is 37.5 Å². The minimum atomic E-state index is 0. The fourth-order valence-corrected chi connectivity index (χ4v) is 3.72. The van der Waals surface area contributed by atoms with Crippen LogP contribution >= 0.6 is 32.4 Å². The van der Waals surface area contributed by atoms with Gasteiger partial charge in [-0.15, -0.1) is 22.7 Å². The molecule has 0 amide bonds. The van der Waals surface area contributed by atoms with Crippen LogP contribution in [0.1, 0.15) is 0 Å². The number of rotatable bonds is 2. The third kappa shape index (κ3) is 5.90. The summed E-state index contributed by atoms with van der Waals surface area (Å²) < 4.78 is 0. The van der Waals surface area contributed by atoms with Crippen molar-refractivity contribution < 1.29 is 37.5 Å². The third-order valence-electron chi connectivity index (χ3n) is 3.85. The van der Waals surface area contributed by atoms with Crippen LogP contribution in [0.3, 0.4) is 0 Å². The van der Waals surface area contributed by atoms with Crippen LogP contribution < -0.4 is 5.30 Å². The molecule has 0 nitrogen and oxygen atoms in total. The Bertz CT molecular complexity index is 840. The Balaban J connectivity index is 0.000000455. The van der Waals surface area contributed by atoms with Gasteiger partial charge in [-0.05, 0) is 10.0 Å². The molecule has 0 aliphatic heterocycles. The maximum atomic E-state index is 6.46. The van der Waals surface area contributed by atoms with Crippen LogP contribution in [0.4, 0.5) is 0 Å². The van der Waals surface area contributed by atoms with E-state index in [0.717, 1.165) is 27.6 Å². The van der Waals surface area contributed by atoms with Gasteiger partial charge in [0.15, 0.2) is 0 Å². The first-order valence-electron chi connectivity index (χ1n) is 7.90. The van der Waals surface area contributed by atoms with Gasteiger partial charge < -0.3 is 0 Å². The molecule has 0 N–H and O–H groups in total. The molecule has 4 aromatic carbocycles. The topological polar surface area (TPSA) is 0 Å². The second-order valence-electron chi connectivity index (χ2n) is 5.49. The summed E-state index contributed by atoms with van der Waals surface area (Å²) in [5.74, 6) is 0. The predicted octanol–water partition coefficient (Wildman–Crippen LogP) is 6.95. The summed E-state index contributed by atoms with van der Waals surface area (Å²) in [6.07, 6.45) is 0. The molecule has 0 bridgehead atoms. The second kappa shape index (κ2) is 12.0. The summed E-state index contributed by atoms with van der Waals surface area (Å²) >= 11 is 12.8. The fraction of sp³-hybridized carbons (Fsp3) is 0. The Morgan fingerprint density at radius 3 is 1.67 bits per heavy atom. The monoisotopic (exact) mass is 544 g/mol. The van der Waals surface area contributed by atoms with E-state index in [0.29, 0.717) is 10.0 Å². The molecule has 0 heterocycles. The number of hydrogen-bond acceptors (Lipinski definition) is 0. The van der Waals surface area contributed by atoms with E-state index >= 15 is 0 Å². The number of halogens is 2. The van der Waals surface area contributed by atoms with Gasteiger partial charge in [-0.1, -0.05) is 77.1 Å². The van der Waals surface area contributed by atoms with E-state index in [1.54, 1.807) is 0 Å². The van der Waals surface area contributed by atoms with Crippen molar-refractivity contribution in [2.24, 2.45) is 0 Å². The van der Waals surface area contributed by atoms with Gasteiger partial charge in [0.25, 0.3) is 0 Å². The van der Waals surface area contributed by atoms with Crippen molar-refractivity contribution >= 4 is 37.7 Å². The Hall–Kier alpha value is -0.668. The van der Waals surface area contributed by atoms with Gasteiger partial charge in [-0.25, -0.2) is 12.1 Å². The molecule has 1 atom stereocenters. The zero-order chi connectivity index (χ0) is 17.6. The van der Waals surface area contributed by atoms with Crippen molar-refractivity contribution in [3.63, 3.8) is 0 Å². The molecule has 0 aliphatic rings. The van der Waals surface area contributed by atoms with Gasteiger partial charge in [-0.2, -0.15) is 39.0 Å². The Morgan fingerprint density at radius 2 is 1.22 bits per heavy atom. The molecule has 0 fully saturated rings. The summed E-state index contributed by atoms with van der Waals surface area (Å²) in [6.45, 7) is 0. The largest absolute Gasteiger partial charge is 2.00 e. The van der Waals surface area contributed by atoms with Crippen LogP contribution in [-0.4, -0.2) is 0 Å². The van der Waals surface area contributed by atoms with Gasteiger partial charge in [0, 0.05) is 20.4 Å². The van der Waals surface area contributed by atoms with E-state index in [1.807, 2.05) is 78.9 Å². The molecule has 0 spiro atoms. The number of benzene rings is 2. The maximum absolute atomic E-state index is 6.46. The van der Waals surface area contributed by atoms with E-state index < -0.39 is 0 Å². The normalized spacial score (nSPS) is 9.44. The van der Waals surface area contributed by atoms with Gasteiger partial charge >= 0.3 is 17.1 Å². The summed E-state index contributed by atoms with van der Waals surface area (Å²) in [6, 6.07) is 30.3. The fourth-order valence-electron chi connectivity index (χ4n) is 2.68. The average molecular weight is 546 g/mol. The second-order valence-corrected chi connectivity index (χ2v) is 6.82. The molecule has 0 saturated heterocycles. The molecule has 27 heavy (non-hydrogen) atoms. The molecule has 0 aliphatic carbocycles. The first kappa shape index (κ1) is 24.4. The molecule has 0 aromatic heterocycles. The van der Waals surface area contributed by atoms with E-state index in [2.05, 4.69) is 21.4 Å². The average Bonchev–Trinajstić information content (AvgIpc) is 3.31. The summed E-state index contributed by atoms with van der Waals surface area (Å²) in [5, 5.41) is 2.16. The Morgan fingerprint density at radius 1 is 0.741 bits per heavy atom. The van der Waals surface area contributed by atoms with Crippen LogP contribution in [0.15, 0.2) is 91.0 Å². The SMILES string of the molecule is P[c-]1c(Cl)c(Cl)c(-c2ccccc2)c1-c1ccccc1.[Fe+2].[Pd].c1cc[cH-]c1. The van der Waals surface area contributed by atoms with Crippen molar-refractivity contribution in [2.75, 3.05) is 0 Å². The molecule has 0 radical (unpaired) electrons. The minimum Gasteiger partial charge on any atom is -0.214 e. The van der Waals surface area contributed by atoms with Crippen LogP contribution in [0, 0.1) is 0 Å². The zero-order valence-corrected chi connectivity index (χ0v) is 19.5. The van der Waals surface area contributed by atoms with Crippen LogP contribution in [0.2, 0.25) is 10.0 Å². The van der Waals surface area contributed by atoms with Crippen molar-refractivity contribution in [2.45, 2.75) is 0 Å². The molecule has 0 saturated carbocycles. The first-order valence-corrected chi connectivity index (χ1v) is 9.24. The van der Waals surface area contributed by atoms with Crippen molar-refractivity contribution in [1.29, 1.82) is 0 Å². The Labute approximate surface area is 197 Å². The summed E-state index contributed by atoms with van der Waals surface area (Å²) in [5.41, 5.74) is 4.27.